The Morgan fingerprint density at radius 2 is 1.25 bits per heavy atom. The maximum atomic E-state index is 12.1. The number of phenolic OH excluding ortho intramolecular Hbond substituents is 6. The molecule has 7 heteroatoms. The fourth-order valence-electron chi connectivity index (χ4n) is 1.68. The molecule has 2 rings (SSSR count). The van der Waals surface area contributed by atoms with Crippen molar-refractivity contribution in [1.82, 2.24) is 0 Å². The summed E-state index contributed by atoms with van der Waals surface area (Å²) < 4.78 is 0. The first kappa shape index (κ1) is 13.3. The molecule has 0 saturated carbocycles. The van der Waals surface area contributed by atoms with E-state index in [1.807, 2.05) is 0 Å². The summed E-state index contributed by atoms with van der Waals surface area (Å²) in [5.41, 5.74) is -1.10. The lowest BCUT2D eigenvalue weighted by molar-refractivity contribution is 0.103. The van der Waals surface area contributed by atoms with E-state index in [0.29, 0.717) is 0 Å². The molecule has 0 aliphatic carbocycles. The van der Waals surface area contributed by atoms with E-state index in [-0.39, 0.29) is 0 Å². The molecule has 0 heterocycles. The molecule has 0 radical (unpaired) electrons. The molecule has 0 fully saturated rings. The number of hydrogen-bond donors (Lipinski definition) is 6. The van der Waals surface area contributed by atoms with Crippen LogP contribution in [0, 0.1) is 0 Å². The highest BCUT2D eigenvalue weighted by Crippen LogP contribution is 2.39. The summed E-state index contributed by atoms with van der Waals surface area (Å²) in [6, 6.07) is 3.48. The second-order valence-electron chi connectivity index (χ2n) is 4.01. The van der Waals surface area contributed by atoms with Gasteiger partial charge in [0.1, 0.15) is 17.1 Å². The average Bonchev–Trinajstić information content (AvgIpc) is 2.38. The Bertz CT molecular complexity index is 706. The van der Waals surface area contributed by atoms with E-state index in [4.69, 9.17) is 0 Å². The second-order valence-corrected chi connectivity index (χ2v) is 4.01. The van der Waals surface area contributed by atoms with Crippen LogP contribution in [0.25, 0.3) is 0 Å². The van der Waals surface area contributed by atoms with Gasteiger partial charge in [0.15, 0.2) is 23.0 Å². The van der Waals surface area contributed by atoms with Gasteiger partial charge in [0, 0.05) is 6.07 Å². The third-order valence-corrected chi connectivity index (χ3v) is 2.70. The van der Waals surface area contributed by atoms with Crippen molar-refractivity contribution in [3.05, 3.63) is 35.4 Å². The van der Waals surface area contributed by atoms with Gasteiger partial charge in [0.25, 0.3) is 0 Å². The molecule has 2 aromatic carbocycles. The van der Waals surface area contributed by atoms with Crippen molar-refractivity contribution in [2.24, 2.45) is 0 Å². The normalized spacial score (nSPS) is 10.4. The summed E-state index contributed by atoms with van der Waals surface area (Å²) >= 11 is 0. The lowest BCUT2D eigenvalue weighted by Gasteiger charge is -2.10. The van der Waals surface area contributed by atoms with Gasteiger partial charge in [-0.05, 0) is 18.2 Å². The molecule has 0 aromatic heterocycles. The minimum Gasteiger partial charge on any atom is -0.507 e. The Hall–Kier alpha value is -3.09. The number of benzene rings is 2. The third kappa shape index (κ3) is 2.01. The molecule has 0 saturated heterocycles. The summed E-state index contributed by atoms with van der Waals surface area (Å²) in [6.45, 7) is 0. The van der Waals surface area contributed by atoms with E-state index in [9.17, 15) is 35.4 Å². The lowest BCUT2D eigenvalue weighted by Crippen LogP contribution is -2.03. The number of hydrogen-bond acceptors (Lipinski definition) is 7. The van der Waals surface area contributed by atoms with Crippen molar-refractivity contribution >= 4 is 5.78 Å². The smallest absolute Gasteiger partial charge is 0.204 e. The van der Waals surface area contributed by atoms with Gasteiger partial charge >= 0.3 is 0 Å². The number of carbonyl (C=O) groups excluding carboxylic acids is 1. The molecular formula is C13H10O7. The van der Waals surface area contributed by atoms with E-state index < -0.39 is 51.4 Å². The maximum absolute atomic E-state index is 12.1. The molecule has 0 aliphatic heterocycles. The molecule has 104 valence electrons. The first-order chi connectivity index (χ1) is 9.32. The van der Waals surface area contributed by atoms with Gasteiger partial charge in [-0.25, -0.2) is 0 Å². The van der Waals surface area contributed by atoms with Crippen LogP contribution in [0.2, 0.25) is 0 Å². The van der Waals surface area contributed by atoms with Crippen molar-refractivity contribution in [1.29, 1.82) is 0 Å². The van der Waals surface area contributed by atoms with Crippen LogP contribution in [0.1, 0.15) is 15.9 Å². The molecule has 0 atom stereocenters. The fourth-order valence-corrected chi connectivity index (χ4v) is 1.68. The summed E-state index contributed by atoms with van der Waals surface area (Å²) in [4.78, 5) is 12.1. The summed E-state index contributed by atoms with van der Waals surface area (Å²) in [7, 11) is 0. The van der Waals surface area contributed by atoms with Crippen LogP contribution in [0.5, 0.6) is 34.5 Å². The Morgan fingerprint density at radius 1 is 0.700 bits per heavy atom. The topological polar surface area (TPSA) is 138 Å². The van der Waals surface area contributed by atoms with E-state index in [1.54, 1.807) is 0 Å². The maximum Gasteiger partial charge on any atom is 0.204 e. The van der Waals surface area contributed by atoms with E-state index in [0.717, 1.165) is 24.3 Å². The predicted molar refractivity (Wildman–Crippen MR) is 66.3 cm³/mol. The van der Waals surface area contributed by atoms with Crippen molar-refractivity contribution in [2.45, 2.75) is 0 Å². The van der Waals surface area contributed by atoms with Gasteiger partial charge in [0.2, 0.25) is 5.78 Å². The second kappa shape index (κ2) is 4.54. The van der Waals surface area contributed by atoms with Gasteiger partial charge in [-0.15, -0.1) is 0 Å². The van der Waals surface area contributed by atoms with Crippen molar-refractivity contribution in [2.75, 3.05) is 0 Å². The zero-order valence-electron chi connectivity index (χ0n) is 9.90. The Labute approximate surface area is 112 Å². The van der Waals surface area contributed by atoms with Crippen LogP contribution >= 0.6 is 0 Å². The summed E-state index contributed by atoms with van der Waals surface area (Å²) in [6.07, 6.45) is 0. The van der Waals surface area contributed by atoms with Crippen molar-refractivity contribution in [3.8, 4) is 34.5 Å². The van der Waals surface area contributed by atoms with Crippen LogP contribution in [0.3, 0.4) is 0 Å². The van der Waals surface area contributed by atoms with Crippen LogP contribution in [0.15, 0.2) is 24.3 Å². The lowest BCUT2D eigenvalue weighted by atomic mass is 9.99. The molecule has 0 unspecified atom stereocenters. The molecule has 2 aromatic rings. The Balaban J connectivity index is 2.64. The number of carbonyl (C=O) groups is 1. The molecule has 0 spiro atoms. The van der Waals surface area contributed by atoms with E-state index in [1.165, 1.54) is 0 Å². The molecule has 0 aliphatic rings. The Morgan fingerprint density at radius 3 is 1.90 bits per heavy atom. The van der Waals surface area contributed by atoms with Crippen LogP contribution in [0.4, 0.5) is 0 Å². The van der Waals surface area contributed by atoms with Gasteiger partial charge in [-0.1, -0.05) is 0 Å². The fraction of sp³-hybridized carbons (Fsp3) is 0. The van der Waals surface area contributed by atoms with Gasteiger partial charge in [-0.2, -0.15) is 0 Å². The highest BCUT2D eigenvalue weighted by Gasteiger charge is 2.24. The van der Waals surface area contributed by atoms with Gasteiger partial charge in [0.05, 0.1) is 5.56 Å². The molecule has 0 bridgehead atoms. The standard InChI is InChI=1S/C13H10O7/c14-6-1-2-7(15)13(20)11(6)12(19)5-3-9(17)10(18)4-8(5)16/h1-4,14-18,20H. The highest BCUT2D eigenvalue weighted by atomic mass is 16.3. The Kier molecular flexibility index (Phi) is 3.03. The summed E-state index contributed by atoms with van der Waals surface area (Å²) in [5, 5.41) is 56.6. The zero-order chi connectivity index (χ0) is 15.0. The number of aromatic hydroxyl groups is 6. The molecule has 7 nitrogen and oxygen atoms in total. The SMILES string of the molecule is O=C(c1cc(O)c(O)cc1O)c1c(O)ccc(O)c1O. The highest BCUT2D eigenvalue weighted by molar-refractivity contribution is 6.14. The largest absolute Gasteiger partial charge is 0.507 e. The van der Waals surface area contributed by atoms with Crippen molar-refractivity contribution < 1.29 is 35.4 Å². The molecule has 6 N–H and O–H groups in total. The average molecular weight is 278 g/mol. The van der Waals surface area contributed by atoms with Crippen LogP contribution in [-0.2, 0) is 0 Å². The first-order valence-corrected chi connectivity index (χ1v) is 5.36. The van der Waals surface area contributed by atoms with E-state index in [2.05, 4.69) is 0 Å². The van der Waals surface area contributed by atoms with Gasteiger partial charge < -0.3 is 30.6 Å². The number of phenols is 6. The van der Waals surface area contributed by atoms with Crippen LogP contribution < -0.4 is 0 Å². The van der Waals surface area contributed by atoms with Crippen LogP contribution in [-0.4, -0.2) is 36.4 Å². The molecular weight excluding hydrogens is 268 g/mol. The predicted octanol–water partition coefficient (Wildman–Crippen LogP) is 1.15. The quantitative estimate of drug-likeness (QED) is 0.275. The van der Waals surface area contributed by atoms with Crippen molar-refractivity contribution in [3.63, 3.8) is 0 Å². The molecule has 20 heavy (non-hydrogen) atoms. The molecule has 0 amide bonds. The van der Waals surface area contributed by atoms with E-state index >= 15 is 0 Å². The monoisotopic (exact) mass is 278 g/mol. The van der Waals surface area contributed by atoms with Gasteiger partial charge in [-0.3, -0.25) is 4.79 Å². The zero-order valence-corrected chi connectivity index (χ0v) is 9.90. The number of rotatable bonds is 2. The third-order valence-electron chi connectivity index (χ3n) is 2.70. The minimum atomic E-state index is -1.04. The first-order valence-electron chi connectivity index (χ1n) is 5.36. The number of ketones is 1. The minimum absolute atomic E-state index is 0.462. The summed E-state index contributed by atoms with van der Waals surface area (Å²) in [5.74, 6) is -5.10.